The Morgan fingerprint density at radius 3 is 1.94 bits per heavy atom. The number of amides is 2. The molecular formula is C27H33N3O2. The molecule has 2 aromatic rings. The Bertz CT molecular complexity index is 959. The van der Waals surface area contributed by atoms with Crippen molar-refractivity contribution in [1.29, 1.82) is 0 Å². The Balaban J connectivity index is 1.12. The van der Waals surface area contributed by atoms with Gasteiger partial charge in [-0.25, -0.2) is 0 Å². The normalized spacial score (nSPS) is 31.6. The molecule has 5 nitrogen and oxygen atoms in total. The van der Waals surface area contributed by atoms with E-state index in [0.717, 1.165) is 67.8 Å². The topological polar surface area (TPSA) is 45.6 Å². The molecule has 0 N–H and O–H groups in total. The van der Waals surface area contributed by atoms with Crippen molar-refractivity contribution in [2.75, 3.05) is 26.2 Å². The Morgan fingerprint density at radius 1 is 0.750 bits per heavy atom. The summed E-state index contributed by atoms with van der Waals surface area (Å²) >= 11 is 0. The van der Waals surface area contributed by atoms with Crippen LogP contribution in [0.1, 0.15) is 55.3 Å². The minimum absolute atomic E-state index is 0.0770. The third kappa shape index (κ3) is 3.46. The van der Waals surface area contributed by atoms with Crippen molar-refractivity contribution in [2.45, 2.75) is 44.9 Å². The second-order valence-electron chi connectivity index (χ2n) is 10.8. The molecule has 4 saturated carbocycles. The summed E-state index contributed by atoms with van der Waals surface area (Å²) in [6, 6.07) is 11.8. The summed E-state index contributed by atoms with van der Waals surface area (Å²) in [5.74, 6) is 2.83. The summed E-state index contributed by atoms with van der Waals surface area (Å²) in [4.78, 5) is 30.9. The second kappa shape index (κ2) is 7.79. The van der Waals surface area contributed by atoms with Crippen molar-refractivity contribution in [3.05, 3.63) is 54.4 Å². The zero-order valence-corrected chi connectivity index (χ0v) is 18.8. The van der Waals surface area contributed by atoms with Gasteiger partial charge < -0.3 is 14.4 Å². The fourth-order valence-electron chi connectivity index (χ4n) is 7.50. The lowest BCUT2D eigenvalue weighted by Crippen LogP contribution is -2.55. The van der Waals surface area contributed by atoms with E-state index < -0.39 is 0 Å². The molecule has 5 heteroatoms. The molecule has 5 fully saturated rings. The number of carbonyl (C=O) groups excluding carboxylic acids is 2. The van der Waals surface area contributed by atoms with E-state index in [1.165, 1.54) is 19.3 Å². The summed E-state index contributed by atoms with van der Waals surface area (Å²) in [5.41, 5.74) is 1.69. The molecule has 2 amide bonds. The van der Waals surface area contributed by atoms with Gasteiger partial charge in [-0.15, -0.1) is 0 Å². The largest absolute Gasteiger partial charge is 0.340 e. The fraction of sp³-hybridized carbons (Fsp3) is 0.556. The lowest BCUT2D eigenvalue weighted by atomic mass is 9.49. The van der Waals surface area contributed by atoms with Gasteiger partial charge in [0, 0.05) is 49.8 Å². The summed E-state index contributed by atoms with van der Waals surface area (Å²) in [5, 5.41) is 0. The molecule has 0 spiro atoms. The van der Waals surface area contributed by atoms with E-state index in [-0.39, 0.29) is 11.3 Å². The molecule has 1 aliphatic heterocycles. The van der Waals surface area contributed by atoms with Gasteiger partial charge in [-0.1, -0.05) is 0 Å². The van der Waals surface area contributed by atoms with Crippen molar-refractivity contribution in [3.8, 4) is 5.69 Å². The zero-order chi connectivity index (χ0) is 21.7. The predicted molar refractivity (Wildman–Crippen MR) is 123 cm³/mol. The highest BCUT2D eigenvalue weighted by atomic mass is 16.2. The van der Waals surface area contributed by atoms with E-state index in [0.29, 0.717) is 19.0 Å². The lowest BCUT2D eigenvalue weighted by molar-refractivity contribution is -0.157. The average molecular weight is 432 g/mol. The summed E-state index contributed by atoms with van der Waals surface area (Å²) in [7, 11) is 0. The monoisotopic (exact) mass is 431 g/mol. The molecule has 1 saturated heterocycles. The minimum Gasteiger partial charge on any atom is -0.340 e. The fourth-order valence-corrected chi connectivity index (χ4v) is 7.50. The first-order valence-corrected chi connectivity index (χ1v) is 12.4. The van der Waals surface area contributed by atoms with Crippen molar-refractivity contribution < 1.29 is 9.59 Å². The van der Waals surface area contributed by atoms with Crippen molar-refractivity contribution in [1.82, 2.24) is 14.4 Å². The van der Waals surface area contributed by atoms with E-state index in [4.69, 9.17) is 0 Å². The third-order valence-corrected chi connectivity index (χ3v) is 8.58. The van der Waals surface area contributed by atoms with Gasteiger partial charge in [-0.05, 0) is 99.1 Å². The maximum atomic E-state index is 13.7. The predicted octanol–water partition coefficient (Wildman–Crippen LogP) is 4.37. The first-order chi connectivity index (χ1) is 15.6. The molecule has 1 aromatic heterocycles. The van der Waals surface area contributed by atoms with Crippen LogP contribution in [0.25, 0.3) is 5.69 Å². The van der Waals surface area contributed by atoms with Crippen LogP contribution >= 0.6 is 0 Å². The molecule has 32 heavy (non-hydrogen) atoms. The first-order valence-electron chi connectivity index (χ1n) is 12.4. The van der Waals surface area contributed by atoms with Crippen LogP contribution in [0, 0.1) is 23.2 Å². The van der Waals surface area contributed by atoms with Gasteiger partial charge in [0.2, 0.25) is 5.91 Å². The number of benzene rings is 1. The molecule has 168 valence electrons. The smallest absolute Gasteiger partial charge is 0.253 e. The van der Waals surface area contributed by atoms with Crippen LogP contribution in [0.3, 0.4) is 0 Å². The molecule has 2 heterocycles. The Labute approximate surface area is 190 Å². The third-order valence-electron chi connectivity index (χ3n) is 8.58. The molecule has 5 aliphatic rings. The summed E-state index contributed by atoms with van der Waals surface area (Å²) in [6.07, 6.45) is 12.3. The van der Waals surface area contributed by atoms with Crippen molar-refractivity contribution >= 4 is 11.8 Å². The number of carbonyl (C=O) groups is 2. The summed E-state index contributed by atoms with van der Waals surface area (Å²) in [6.45, 7) is 2.82. The molecule has 0 unspecified atom stereocenters. The molecule has 1 aromatic carbocycles. The van der Waals surface area contributed by atoms with Crippen LogP contribution in [0.15, 0.2) is 48.8 Å². The van der Waals surface area contributed by atoms with Gasteiger partial charge in [0.05, 0.1) is 5.41 Å². The van der Waals surface area contributed by atoms with Gasteiger partial charge in [-0.3, -0.25) is 9.59 Å². The number of hydrogen-bond donors (Lipinski definition) is 0. The molecule has 4 aliphatic carbocycles. The molecule has 0 atom stereocenters. The Hall–Kier alpha value is -2.56. The first kappa shape index (κ1) is 20.1. The van der Waals surface area contributed by atoms with Gasteiger partial charge in [0.25, 0.3) is 5.91 Å². The van der Waals surface area contributed by atoms with Crippen LogP contribution < -0.4 is 0 Å². The van der Waals surface area contributed by atoms with Gasteiger partial charge in [-0.2, -0.15) is 0 Å². The molecular weight excluding hydrogens is 398 g/mol. The average Bonchev–Trinajstić information content (AvgIpc) is 3.22. The van der Waals surface area contributed by atoms with Gasteiger partial charge in [0.1, 0.15) is 0 Å². The van der Waals surface area contributed by atoms with E-state index in [1.54, 1.807) is 0 Å². The van der Waals surface area contributed by atoms with Crippen molar-refractivity contribution in [3.63, 3.8) is 0 Å². The van der Waals surface area contributed by atoms with Gasteiger partial charge in [0.15, 0.2) is 0 Å². The van der Waals surface area contributed by atoms with Crippen LogP contribution in [0.4, 0.5) is 0 Å². The Morgan fingerprint density at radius 2 is 1.31 bits per heavy atom. The second-order valence-corrected chi connectivity index (χ2v) is 10.8. The maximum Gasteiger partial charge on any atom is 0.253 e. The molecule has 0 radical (unpaired) electrons. The quantitative estimate of drug-likeness (QED) is 0.725. The number of rotatable bonds is 3. The lowest BCUT2D eigenvalue weighted by Gasteiger charge is -2.56. The van der Waals surface area contributed by atoms with Crippen LogP contribution in [-0.2, 0) is 4.79 Å². The van der Waals surface area contributed by atoms with Crippen LogP contribution in [-0.4, -0.2) is 52.4 Å². The van der Waals surface area contributed by atoms with E-state index in [1.807, 2.05) is 58.3 Å². The molecule has 4 bridgehead atoms. The number of aromatic nitrogens is 1. The molecule has 7 rings (SSSR count). The van der Waals surface area contributed by atoms with E-state index in [9.17, 15) is 9.59 Å². The minimum atomic E-state index is -0.0811. The highest BCUT2D eigenvalue weighted by molar-refractivity contribution is 5.94. The highest BCUT2D eigenvalue weighted by Gasteiger charge is 2.55. The number of nitrogens with zero attached hydrogens (tertiary/aromatic N) is 3. The van der Waals surface area contributed by atoms with E-state index >= 15 is 0 Å². The van der Waals surface area contributed by atoms with Gasteiger partial charge >= 0.3 is 0 Å². The number of hydrogen-bond acceptors (Lipinski definition) is 2. The van der Waals surface area contributed by atoms with Crippen LogP contribution in [0.2, 0.25) is 0 Å². The van der Waals surface area contributed by atoms with Crippen molar-refractivity contribution in [2.24, 2.45) is 23.2 Å². The maximum absolute atomic E-state index is 13.7. The SMILES string of the molecule is O=C(c1ccc(-n2cccc2)cc1)N1CCCN(C(=O)C23CC4CC(CC(C4)C2)C3)CC1. The Kier molecular flexibility index (Phi) is 4.89. The van der Waals surface area contributed by atoms with E-state index in [2.05, 4.69) is 4.90 Å². The summed E-state index contributed by atoms with van der Waals surface area (Å²) < 4.78 is 2.04. The zero-order valence-electron chi connectivity index (χ0n) is 18.8. The standard InChI is InChI=1S/C27H33N3O2/c31-25(23-4-6-24(7-5-23)28-8-1-2-9-28)29-10-3-11-30(13-12-29)26(32)27-17-20-14-21(18-27)16-22(15-20)19-27/h1-2,4-9,20-22H,3,10-19H2. The van der Waals surface area contributed by atoms with Crippen LogP contribution in [0.5, 0.6) is 0 Å². The highest BCUT2D eigenvalue weighted by Crippen LogP contribution is 2.60.